The summed E-state index contributed by atoms with van der Waals surface area (Å²) in [5.74, 6) is -4.68. The number of halogens is 8. The predicted molar refractivity (Wildman–Crippen MR) is 81.9 cm³/mol. The van der Waals surface area contributed by atoms with Crippen LogP contribution in [0.4, 0.5) is 39.9 Å². The Hall–Kier alpha value is -2.85. The van der Waals surface area contributed by atoms with Crippen LogP contribution in [0, 0.1) is 23.3 Å². The van der Waals surface area contributed by atoms with Crippen LogP contribution in [0.3, 0.4) is 0 Å². The van der Waals surface area contributed by atoms with Gasteiger partial charge in [-0.15, -0.1) is 0 Å². The number of rotatable bonds is 6. The molecule has 2 atom stereocenters. The van der Waals surface area contributed by atoms with Crippen molar-refractivity contribution in [3.63, 3.8) is 0 Å². The van der Waals surface area contributed by atoms with Crippen LogP contribution in [0.5, 0.6) is 0 Å². The van der Waals surface area contributed by atoms with E-state index < -0.39 is 65.4 Å². The second-order valence-corrected chi connectivity index (χ2v) is 5.57. The van der Waals surface area contributed by atoms with E-state index in [2.05, 4.69) is 0 Å². The molecule has 0 aromatic heterocycles. The molecular weight excluding hydrogens is 400 g/mol. The Labute approximate surface area is 153 Å². The van der Waals surface area contributed by atoms with Crippen molar-refractivity contribution < 1.29 is 39.9 Å². The van der Waals surface area contributed by atoms with Crippen LogP contribution >= 0.6 is 0 Å². The molecule has 0 aliphatic rings. The molecule has 28 heavy (non-hydrogen) atoms. The van der Waals surface area contributed by atoms with Gasteiger partial charge in [-0.2, -0.15) is 0 Å². The smallest absolute Gasteiger partial charge is 0.316 e. The average molecular weight is 412 g/mol. The summed E-state index contributed by atoms with van der Waals surface area (Å²) < 4.78 is 107. The van der Waals surface area contributed by atoms with E-state index in [9.17, 15) is 39.9 Å². The summed E-state index contributed by atoms with van der Waals surface area (Å²) in [6.45, 7) is 0. The molecule has 0 radical (unpaired) electrons. The minimum Gasteiger partial charge on any atom is -0.325 e. The van der Waals surface area contributed by atoms with Crippen molar-refractivity contribution in [2.45, 2.75) is 24.9 Å². The van der Waals surface area contributed by atoms with Crippen LogP contribution in [0.2, 0.25) is 0 Å². The molecule has 2 N–H and O–H groups in total. The number of urea groups is 1. The Bertz CT molecular complexity index is 778. The maximum atomic E-state index is 13.7. The number of nitrogens with one attached hydrogen (secondary N) is 2. The van der Waals surface area contributed by atoms with Crippen LogP contribution in [-0.2, 0) is 0 Å². The topological polar surface area (TPSA) is 41.1 Å². The summed E-state index contributed by atoms with van der Waals surface area (Å²) in [4.78, 5) is 11.9. The fourth-order valence-electron chi connectivity index (χ4n) is 2.38. The monoisotopic (exact) mass is 412 g/mol. The van der Waals surface area contributed by atoms with E-state index >= 15 is 0 Å². The van der Waals surface area contributed by atoms with Gasteiger partial charge in [-0.3, -0.25) is 0 Å². The third kappa shape index (κ3) is 5.11. The van der Waals surface area contributed by atoms with Crippen molar-refractivity contribution >= 4 is 6.03 Å². The fraction of sp³-hybridized carbons (Fsp3) is 0.235. The highest BCUT2D eigenvalue weighted by molar-refractivity contribution is 5.75. The fourth-order valence-corrected chi connectivity index (χ4v) is 2.38. The molecule has 0 spiro atoms. The zero-order valence-corrected chi connectivity index (χ0v) is 13.7. The van der Waals surface area contributed by atoms with Gasteiger partial charge < -0.3 is 10.6 Å². The van der Waals surface area contributed by atoms with Crippen LogP contribution < -0.4 is 10.6 Å². The minimum absolute atomic E-state index is 0.406. The Morgan fingerprint density at radius 2 is 1.04 bits per heavy atom. The largest absolute Gasteiger partial charge is 0.325 e. The average Bonchev–Trinajstić information content (AvgIpc) is 2.61. The quantitative estimate of drug-likeness (QED) is 0.655. The first-order valence-electron chi connectivity index (χ1n) is 7.63. The number of carbonyl (C=O) groups excluding carboxylic acids is 1. The first-order chi connectivity index (χ1) is 13.1. The van der Waals surface area contributed by atoms with Crippen molar-refractivity contribution in [1.29, 1.82) is 0 Å². The molecule has 2 rings (SSSR count). The van der Waals surface area contributed by atoms with Gasteiger partial charge >= 0.3 is 6.03 Å². The number of carbonyl (C=O) groups is 1. The van der Waals surface area contributed by atoms with E-state index in [4.69, 9.17) is 0 Å². The van der Waals surface area contributed by atoms with Gasteiger partial charge in [0.1, 0.15) is 35.4 Å². The number of amides is 2. The van der Waals surface area contributed by atoms with Gasteiger partial charge in [-0.1, -0.05) is 0 Å². The molecule has 2 aromatic carbocycles. The van der Waals surface area contributed by atoms with Crippen molar-refractivity contribution in [2.24, 2.45) is 0 Å². The Morgan fingerprint density at radius 3 is 1.36 bits per heavy atom. The summed E-state index contributed by atoms with van der Waals surface area (Å²) in [6.07, 6.45) is -6.86. The third-order valence-electron chi connectivity index (χ3n) is 3.66. The lowest BCUT2D eigenvalue weighted by molar-refractivity contribution is 0.0887. The van der Waals surface area contributed by atoms with Crippen molar-refractivity contribution in [3.8, 4) is 0 Å². The highest BCUT2D eigenvalue weighted by Gasteiger charge is 2.31. The number of hydrogen-bond donors (Lipinski definition) is 2. The summed E-state index contributed by atoms with van der Waals surface area (Å²) in [6, 6.07) is -3.21. The first kappa shape index (κ1) is 21.5. The van der Waals surface area contributed by atoms with Gasteiger partial charge in [0.15, 0.2) is 0 Å². The molecule has 0 aliphatic heterocycles. The van der Waals surface area contributed by atoms with Gasteiger partial charge in [-0.25, -0.2) is 39.9 Å². The van der Waals surface area contributed by atoms with Gasteiger partial charge in [0.25, 0.3) is 12.9 Å². The molecule has 0 fully saturated rings. The zero-order chi connectivity index (χ0) is 21.0. The Kier molecular flexibility index (Phi) is 6.81. The lowest BCUT2D eigenvalue weighted by Gasteiger charge is -2.23. The minimum atomic E-state index is -3.43. The molecule has 0 heterocycles. The standard InChI is InChI=1S/C17H12F8N2O/c18-7-1-3-11(20)9(5-7)13(15(22)23)26-17(28)27-14(16(24)25)10-6-8(19)2-4-12(10)21/h1-6,13-16H,(H2,26,27,28). The summed E-state index contributed by atoms with van der Waals surface area (Å²) >= 11 is 0. The van der Waals surface area contributed by atoms with Crippen LogP contribution in [0.15, 0.2) is 36.4 Å². The molecule has 0 saturated carbocycles. The lowest BCUT2D eigenvalue weighted by atomic mass is 10.1. The van der Waals surface area contributed by atoms with Gasteiger partial charge in [-0.05, 0) is 36.4 Å². The van der Waals surface area contributed by atoms with Crippen molar-refractivity contribution in [2.75, 3.05) is 0 Å². The molecular formula is C17H12F8N2O. The van der Waals surface area contributed by atoms with E-state index in [-0.39, 0.29) is 0 Å². The maximum Gasteiger partial charge on any atom is 0.316 e. The number of hydrogen-bond acceptors (Lipinski definition) is 1. The molecule has 2 aromatic rings. The van der Waals surface area contributed by atoms with Crippen molar-refractivity contribution in [1.82, 2.24) is 10.6 Å². The zero-order valence-electron chi connectivity index (χ0n) is 13.7. The van der Waals surface area contributed by atoms with Gasteiger partial charge in [0, 0.05) is 11.1 Å². The predicted octanol–water partition coefficient (Wildman–Crippen LogP) is 4.85. The molecule has 0 aliphatic carbocycles. The second kappa shape index (κ2) is 8.89. The molecule has 2 amide bonds. The molecule has 3 nitrogen and oxygen atoms in total. The van der Waals surface area contributed by atoms with Gasteiger partial charge in [0.2, 0.25) is 0 Å². The highest BCUT2D eigenvalue weighted by Crippen LogP contribution is 2.26. The third-order valence-corrected chi connectivity index (χ3v) is 3.66. The van der Waals surface area contributed by atoms with Gasteiger partial charge in [0.05, 0.1) is 0 Å². The highest BCUT2D eigenvalue weighted by atomic mass is 19.3. The van der Waals surface area contributed by atoms with Crippen LogP contribution in [0.25, 0.3) is 0 Å². The first-order valence-corrected chi connectivity index (χ1v) is 7.63. The summed E-state index contributed by atoms with van der Waals surface area (Å²) in [5, 5.41) is 3.07. The van der Waals surface area contributed by atoms with E-state index in [1.54, 1.807) is 0 Å². The van der Waals surface area contributed by atoms with E-state index in [1.807, 2.05) is 0 Å². The Balaban J connectivity index is 2.25. The number of alkyl halides is 4. The normalized spacial score (nSPS) is 13.5. The molecule has 11 heteroatoms. The number of benzene rings is 2. The molecule has 0 bridgehead atoms. The summed E-state index contributed by atoms with van der Waals surface area (Å²) in [5.41, 5.74) is -1.84. The van der Waals surface area contributed by atoms with Crippen molar-refractivity contribution in [3.05, 3.63) is 70.8 Å². The summed E-state index contributed by atoms with van der Waals surface area (Å²) in [7, 11) is 0. The Morgan fingerprint density at radius 1 is 0.679 bits per heavy atom. The van der Waals surface area contributed by atoms with Crippen LogP contribution in [-0.4, -0.2) is 18.9 Å². The maximum absolute atomic E-state index is 13.7. The van der Waals surface area contributed by atoms with E-state index in [1.165, 1.54) is 10.6 Å². The lowest BCUT2D eigenvalue weighted by Crippen LogP contribution is -2.44. The molecule has 2 unspecified atom stereocenters. The van der Waals surface area contributed by atoms with E-state index in [0.29, 0.717) is 36.4 Å². The molecule has 152 valence electrons. The second-order valence-electron chi connectivity index (χ2n) is 5.57. The van der Waals surface area contributed by atoms with Crippen LogP contribution in [0.1, 0.15) is 23.2 Å². The van der Waals surface area contributed by atoms with E-state index in [0.717, 1.165) is 0 Å². The molecule has 0 saturated heterocycles. The SMILES string of the molecule is O=C(NC(c1cc(F)ccc1F)C(F)F)NC(c1cc(F)ccc1F)C(F)F.